The summed E-state index contributed by atoms with van der Waals surface area (Å²) in [6.45, 7) is 4.42. The van der Waals surface area contributed by atoms with Crippen LogP contribution in [0.25, 0.3) is 10.1 Å². The van der Waals surface area contributed by atoms with E-state index in [1.54, 1.807) is 0 Å². The maximum absolute atomic E-state index is 3.34. The topological polar surface area (TPSA) is 12.0 Å². The average molecular weight is 205 g/mol. The maximum Gasteiger partial charge on any atom is 0.0389 e. The molecular weight excluding hydrogens is 190 g/mol. The van der Waals surface area contributed by atoms with Gasteiger partial charge in [-0.1, -0.05) is 18.2 Å². The lowest BCUT2D eigenvalue weighted by molar-refractivity contribution is 0.449. The Kier molecular flexibility index (Phi) is 2.33. The molecule has 1 aromatic carbocycles. The fourth-order valence-corrected chi connectivity index (χ4v) is 2.72. The first-order valence-electron chi connectivity index (χ1n) is 4.81. The van der Waals surface area contributed by atoms with Gasteiger partial charge in [-0.3, -0.25) is 0 Å². The van der Waals surface area contributed by atoms with Gasteiger partial charge < -0.3 is 5.32 Å². The largest absolute Gasteiger partial charge is 0.311 e. The average Bonchev–Trinajstić information content (AvgIpc) is 2.61. The van der Waals surface area contributed by atoms with Crippen LogP contribution in [-0.2, 0) is 5.54 Å². The summed E-state index contributed by atoms with van der Waals surface area (Å²) in [7, 11) is 2.01. The van der Waals surface area contributed by atoms with Crippen molar-refractivity contribution in [3.63, 3.8) is 0 Å². The minimum Gasteiger partial charge on any atom is -0.311 e. The summed E-state index contributed by atoms with van der Waals surface area (Å²) in [5, 5.41) is 6.97. The molecule has 0 amide bonds. The highest BCUT2D eigenvalue weighted by Gasteiger charge is 2.20. The fraction of sp³-hybridized carbons (Fsp3) is 0.333. The normalized spacial score (nSPS) is 12.2. The molecule has 0 atom stereocenters. The highest BCUT2D eigenvalue weighted by atomic mass is 32.1. The SMILES string of the molecule is CNC(C)(C)c1csc2ccccc12. The molecule has 14 heavy (non-hydrogen) atoms. The number of fused-ring (bicyclic) bond motifs is 1. The Morgan fingerprint density at radius 1 is 1.21 bits per heavy atom. The predicted molar refractivity (Wildman–Crippen MR) is 63.9 cm³/mol. The van der Waals surface area contributed by atoms with Crippen LogP contribution in [0, 0.1) is 0 Å². The van der Waals surface area contributed by atoms with Crippen LogP contribution in [0.3, 0.4) is 0 Å². The van der Waals surface area contributed by atoms with Gasteiger partial charge in [-0.05, 0) is 43.3 Å². The van der Waals surface area contributed by atoms with Crippen LogP contribution >= 0.6 is 11.3 Å². The van der Waals surface area contributed by atoms with Crippen LogP contribution in [0.15, 0.2) is 29.6 Å². The van der Waals surface area contributed by atoms with Crippen molar-refractivity contribution in [3.05, 3.63) is 35.2 Å². The third-order valence-corrected chi connectivity index (χ3v) is 3.74. The molecule has 0 fully saturated rings. The van der Waals surface area contributed by atoms with Crippen LogP contribution < -0.4 is 5.32 Å². The number of hydrogen-bond acceptors (Lipinski definition) is 2. The lowest BCUT2D eigenvalue weighted by atomic mass is 9.94. The summed E-state index contributed by atoms with van der Waals surface area (Å²) in [4.78, 5) is 0. The van der Waals surface area contributed by atoms with Crippen LogP contribution in [-0.4, -0.2) is 7.05 Å². The maximum atomic E-state index is 3.34. The van der Waals surface area contributed by atoms with Crippen LogP contribution in [0.4, 0.5) is 0 Å². The summed E-state index contributed by atoms with van der Waals surface area (Å²) >= 11 is 1.82. The smallest absolute Gasteiger partial charge is 0.0389 e. The standard InChI is InChI=1S/C12H15NS/c1-12(2,13-3)10-8-14-11-7-5-4-6-9(10)11/h4-8,13H,1-3H3. The summed E-state index contributed by atoms with van der Waals surface area (Å²) in [6, 6.07) is 8.56. The molecule has 2 rings (SSSR count). The molecular formula is C12H15NS. The Morgan fingerprint density at radius 2 is 1.93 bits per heavy atom. The summed E-state index contributed by atoms with van der Waals surface area (Å²) in [6.07, 6.45) is 0. The molecule has 0 saturated heterocycles. The fourth-order valence-electron chi connectivity index (χ4n) is 1.60. The van der Waals surface area contributed by atoms with Gasteiger partial charge in [-0.15, -0.1) is 11.3 Å². The molecule has 1 heterocycles. The van der Waals surface area contributed by atoms with Gasteiger partial charge in [0.1, 0.15) is 0 Å². The van der Waals surface area contributed by atoms with Gasteiger partial charge in [0.15, 0.2) is 0 Å². The lowest BCUT2D eigenvalue weighted by Gasteiger charge is -2.23. The van der Waals surface area contributed by atoms with E-state index >= 15 is 0 Å². The first kappa shape index (κ1) is 9.69. The van der Waals surface area contributed by atoms with E-state index in [9.17, 15) is 0 Å². The zero-order valence-corrected chi connectivity index (χ0v) is 9.61. The first-order valence-corrected chi connectivity index (χ1v) is 5.69. The quantitative estimate of drug-likeness (QED) is 0.792. The highest BCUT2D eigenvalue weighted by molar-refractivity contribution is 7.17. The summed E-state index contributed by atoms with van der Waals surface area (Å²) < 4.78 is 1.37. The Balaban J connectivity index is 2.64. The minimum absolute atomic E-state index is 0.0552. The molecule has 0 radical (unpaired) electrons. The van der Waals surface area contributed by atoms with Gasteiger partial charge in [0.25, 0.3) is 0 Å². The minimum atomic E-state index is 0.0552. The second-order valence-electron chi connectivity index (χ2n) is 4.02. The predicted octanol–water partition coefficient (Wildman–Crippen LogP) is 3.36. The van der Waals surface area contributed by atoms with Crippen molar-refractivity contribution in [1.82, 2.24) is 5.32 Å². The Bertz CT molecular complexity index is 442. The number of thiophene rings is 1. The zero-order chi connectivity index (χ0) is 10.2. The van der Waals surface area contributed by atoms with Crippen molar-refractivity contribution in [2.45, 2.75) is 19.4 Å². The number of nitrogens with one attached hydrogen (secondary N) is 1. The van der Waals surface area contributed by atoms with Crippen molar-refractivity contribution < 1.29 is 0 Å². The Hall–Kier alpha value is -0.860. The Morgan fingerprint density at radius 3 is 2.64 bits per heavy atom. The first-order chi connectivity index (χ1) is 6.65. The van der Waals surface area contributed by atoms with Gasteiger partial charge in [0, 0.05) is 10.2 Å². The van der Waals surface area contributed by atoms with Gasteiger partial charge >= 0.3 is 0 Å². The second kappa shape index (κ2) is 3.37. The van der Waals surface area contributed by atoms with Crippen LogP contribution in [0.1, 0.15) is 19.4 Å². The third kappa shape index (κ3) is 1.45. The number of rotatable bonds is 2. The van der Waals surface area contributed by atoms with E-state index in [4.69, 9.17) is 0 Å². The molecule has 1 nitrogen and oxygen atoms in total. The van der Waals surface area contributed by atoms with Crippen molar-refractivity contribution in [3.8, 4) is 0 Å². The summed E-state index contributed by atoms with van der Waals surface area (Å²) in [5.74, 6) is 0. The van der Waals surface area contributed by atoms with Crippen molar-refractivity contribution in [2.24, 2.45) is 0 Å². The van der Waals surface area contributed by atoms with E-state index < -0.39 is 0 Å². The van der Waals surface area contributed by atoms with Gasteiger partial charge in [0.2, 0.25) is 0 Å². The van der Waals surface area contributed by atoms with Crippen molar-refractivity contribution in [1.29, 1.82) is 0 Å². The molecule has 0 saturated carbocycles. The van der Waals surface area contributed by atoms with Crippen molar-refractivity contribution in [2.75, 3.05) is 7.05 Å². The zero-order valence-electron chi connectivity index (χ0n) is 8.79. The molecule has 0 unspecified atom stereocenters. The molecule has 74 valence electrons. The number of hydrogen-bond donors (Lipinski definition) is 1. The van der Waals surface area contributed by atoms with E-state index in [-0.39, 0.29) is 5.54 Å². The number of benzene rings is 1. The molecule has 2 heteroatoms. The van der Waals surface area contributed by atoms with Gasteiger partial charge in [0.05, 0.1) is 0 Å². The molecule has 1 aromatic heterocycles. The van der Waals surface area contributed by atoms with E-state index in [2.05, 4.69) is 48.8 Å². The molecule has 0 spiro atoms. The molecule has 1 N–H and O–H groups in total. The molecule has 0 aliphatic heterocycles. The van der Waals surface area contributed by atoms with E-state index in [0.717, 1.165) is 0 Å². The molecule has 0 aliphatic rings. The summed E-state index contributed by atoms with van der Waals surface area (Å²) in [5.41, 5.74) is 1.44. The molecule has 0 bridgehead atoms. The van der Waals surface area contributed by atoms with E-state index in [1.165, 1.54) is 15.6 Å². The second-order valence-corrected chi connectivity index (χ2v) is 4.93. The molecule has 0 aliphatic carbocycles. The van der Waals surface area contributed by atoms with Gasteiger partial charge in [-0.2, -0.15) is 0 Å². The van der Waals surface area contributed by atoms with Crippen LogP contribution in [0.2, 0.25) is 0 Å². The lowest BCUT2D eigenvalue weighted by Crippen LogP contribution is -2.32. The third-order valence-electron chi connectivity index (χ3n) is 2.78. The highest BCUT2D eigenvalue weighted by Crippen LogP contribution is 2.32. The van der Waals surface area contributed by atoms with Crippen LogP contribution in [0.5, 0.6) is 0 Å². The van der Waals surface area contributed by atoms with E-state index in [0.29, 0.717) is 0 Å². The monoisotopic (exact) mass is 205 g/mol. The molecule has 2 aromatic rings. The van der Waals surface area contributed by atoms with Gasteiger partial charge in [-0.25, -0.2) is 0 Å². The van der Waals surface area contributed by atoms with E-state index in [1.807, 2.05) is 18.4 Å². The Labute approximate surface area is 88.8 Å². The van der Waals surface area contributed by atoms with Crippen molar-refractivity contribution >= 4 is 21.4 Å².